The third-order valence-electron chi connectivity index (χ3n) is 3.80. The number of aromatic nitrogens is 2. The van der Waals surface area contributed by atoms with Crippen LogP contribution in [-0.2, 0) is 10.0 Å². The highest BCUT2D eigenvalue weighted by Gasteiger charge is 2.22. The zero-order valence-corrected chi connectivity index (χ0v) is 14.8. The van der Waals surface area contributed by atoms with Gasteiger partial charge in [-0.1, -0.05) is 12.1 Å². The van der Waals surface area contributed by atoms with Crippen molar-refractivity contribution in [2.24, 2.45) is 5.14 Å². The van der Waals surface area contributed by atoms with Crippen LogP contribution < -0.4 is 9.88 Å². The second kappa shape index (κ2) is 7.05. The molecule has 1 aromatic heterocycles. The molecule has 0 radical (unpaired) electrons. The van der Waals surface area contributed by atoms with Crippen molar-refractivity contribution in [3.63, 3.8) is 0 Å². The van der Waals surface area contributed by atoms with Crippen molar-refractivity contribution in [2.75, 3.05) is 7.11 Å². The Labute approximate surface area is 153 Å². The minimum absolute atomic E-state index is 0.0242. The van der Waals surface area contributed by atoms with Gasteiger partial charge in [-0.15, -0.1) is 0 Å². The van der Waals surface area contributed by atoms with Crippen LogP contribution >= 0.6 is 0 Å². The molecular formula is C17H14F3N3O3S. The number of nitrogens with two attached hydrogens (primary N) is 1. The molecule has 0 amide bonds. The van der Waals surface area contributed by atoms with Crippen LogP contribution in [0.15, 0.2) is 53.4 Å². The van der Waals surface area contributed by atoms with Crippen molar-refractivity contribution in [3.05, 3.63) is 60.0 Å². The summed E-state index contributed by atoms with van der Waals surface area (Å²) in [6.07, 6.45) is -2.91. The van der Waals surface area contributed by atoms with Gasteiger partial charge in [0.1, 0.15) is 10.6 Å². The highest BCUT2D eigenvalue weighted by molar-refractivity contribution is 7.89. The van der Waals surface area contributed by atoms with Crippen LogP contribution in [0.4, 0.5) is 13.2 Å². The SMILES string of the molecule is COc1ccc(-c2cc(C(F)F)nn2-c2ccccc2S(N)(=O)=O)cc1F. The van der Waals surface area contributed by atoms with Gasteiger partial charge in [0.2, 0.25) is 10.0 Å². The Morgan fingerprint density at radius 1 is 1.15 bits per heavy atom. The molecule has 3 rings (SSSR count). The van der Waals surface area contributed by atoms with Crippen molar-refractivity contribution in [1.29, 1.82) is 0 Å². The molecule has 2 N–H and O–H groups in total. The van der Waals surface area contributed by atoms with Crippen molar-refractivity contribution < 1.29 is 26.3 Å². The Kier molecular flexibility index (Phi) is 4.94. The number of sulfonamides is 1. The highest BCUT2D eigenvalue weighted by Crippen LogP contribution is 2.32. The molecule has 6 nitrogen and oxygen atoms in total. The molecule has 27 heavy (non-hydrogen) atoms. The van der Waals surface area contributed by atoms with E-state index in [1.54, 1.807) is 0 Å². The number of benzene rings is 2. The Balaban J connectivity index is 2.28. The largest absolute Gasteiger partial charge is 0.494 e. The van der Waals surface area contributed by atoms with E-state index in [1.807, 2.05) is 0 Å². The molecule has 0 atom stereocenters. The molecule has 0 spiro atoms. The number of para-hydroxylation sites is 1. The lowest BCUT2D eigenvalue weighted by molar-refractivity contribution is 0.145. The number of nitrogens with zero attached hydrogens (tertiary/aromatic N) is 2. The summed E-state index contributed by atoms with van der Waals surface area (Å²) < 4.78 is 70.1. The standard InChI is InChI=1S/C17H14F3N3O3S/c1-26-15-7-6-10(8-11(15)18)14-9-12(17(19)20)22-23(14)13-4-2-3-5-16(13)27(21,24)25/h2-9,17H,1H3,(H2,21,24,25). The number of hydrogen-bond acceptors (Lipinski definition) is 4. The Morgan fingerprint density at radius 2 is 1.85 bits per heavy atom. The van der Waals surface area contributed by atoms with Crippen LogP contribution in [0, 0.1) is 5.82 Å². The first-order valence-electron chi connectivity index (χ1n) is 7.56. The predicted molar refractivity (Wildman–Crippen MR) is 91.8 cm³/mol. The molecule has 0 fully saturated rings. The summed E-state index contributed by atoms with van der Waals surface area (Å²) in [5.41, 5.74) is -0.344. The molecule has 0 aliphatic heterocycles. The summed E-state index contributed by atoms with van der Waals surface area (Å²) in [6.45, 7) is 0. The quantitative estimate of drug-likeness (QED) is 0.716. The number of primary sulfonamides is 1. The van der Waals surface area contributed by atoms with Gasteiger partial charge in [0.15, 0.2) is 11.6 Å². The summed E-state index contributed by atoms with van der Waals surface area (Å²) >= 11 is 0. The maximum Gasteiger partial charge on any atom is 0.282 e. The van der Waals surface area contributed by atoms with Crippen molar-refractivity contribution in [3.8, 4) is 22.7 Å². The lowest BCUT2D eigenvalue weighted by Crippen LogP contribution is -2.16. The summed E-state index contributed by atoms with van der Waals surface area (Å²) in [7, 11) is -2.86. The zero-order valence-electron chi connectivity index (χ0n) is 13.9. The minimum Gasteiger partial charge on any atom is -0.494 e. The number of methoxy groups -OCH3 is 1. The van der Waals surface area contributed by atoms with Gasteiger partial charge in [-0.2, -0.15) is 5.10 Å². The van der Waals surface area contributed by atoms with Crippen molar-refractivity contribution in [2.45, 2.75) is 11.3 Å². The predicted octanol–water partition coefficient (Wildman–Crippen LogP) is 3.27. The number of ether oxygens (including phenoxy) is 1. The van der Waals surface area contributed by atoms with Gasteiger partial charge in [0, 0.05) is 5.56 Å². The van der Waals surface area contributed by atoms with E-state index in [1.165, 1.54) is 43.5 Å². The van der Waals surface area contributed by atoms with E-state index in [2.05, 4.69) is 5.10 Å². The second-order valence-electron chi connectivity index (χ2n) is 5.53. The summed E-state index contributed by atoms with van der Waals surface area (Å²) in [5, 5.41) is 9.01. The van der Waals surface area contributed by atoms with E-state index in [0.717, 1.165) is 16.8 Å². The smallest absolute Gasteiger partial charge is 0.282 e. The average molecular weight is 397 g/mol. The fourth-order valence-corrected chi connectivity index (χ4v) is 3.31. The van der Waals surface area contributed by atoms with Crippen LogP contribution in [0.5, 0.6) is 5.75 Å². The summed E-state index contributed by atoms with van der Waals surface area (Å²) in [4.78, 5) is -0.302. The molecule has 0 saturated heterocycles. The molecule has 0 unspecified atom stereocenters. The molecule has 2 aromatic carbocycles. The van der Waals surface area contributed by atoms with E-state index < -0.39 is 28.0 Å². The fourth-order valence-electron chi connectivity index (χ4n) is 2.59. The number of hydrogen-bond donors (Lipinski definition) is 1. The third-order valence-corrected chi connectivity index (χ3v) is 4.76. The molecule has 10 heteroatoms. The molecule has 142 valence electrons. The van der Waals surface area contributed by atoms with Crippen LogP contribution in [0.2, 0.25) is 0 Å². The number of rotatable bonds is 5. The van der Waals surface area contributed by atoms with Gasteiger partial charge in [-0.3, -0.25) is 0 Å². The van der Waals surface area contributed by atoms with Gasteiger partial charge in [-0.05, 0) is 36.4 Å². The topological polar surface area (TPSA) is 87.2 Å². The van der Waals surface area contributed by atoms with Gasteiger partial charge in [0.05, 0.1) is 18.5 Å². The van der Waals surface area contributed by atoms with Gasteiger partial charge < -0.3 is 4.74 Å². The fraction of sp³-hybridized carbons (Fsp3) is 0.118. The normalized spacial score (nSPS) is 11.8. The molecule has 1 heterocycles. The first-order valence-corrected chi connectivity index (χ1v) is 9.11. The molecule has 3 aromatic rings. The van der Waals surface area contributed by atoms with E-state index in [9.17, 15) is 21.6 Å². The van der Waals surface area contributed by atoms with Crippen LogP contribution in [0.25, 0.3) is 16.9 Å². The van der Waals surface area contributed by atoms with Gasteiger partial charge in [-0.25, -0.2) is 31.4 Å². The maximum atomic E-state index is 14.1. The van der Waals surface area contributed by atoms with Crippen LogP contribution in [0.1, 0.15) is 12.1 Å². The zero-order chi connectivity index (χ0) is 19.8. The monoisotopic (exact) mass is 397 g/mol. The van der Waals surface area contributed by atoms with E-state index in [4.69, 9.17) is 9.88 Å². The van der Waals surface area contributed by atoms with Crippen molar-refractivity contribution in [1.82, 2.24) is 9.78 Å². The van der Waals surface area contributed by atoms with Crippen molar-refractivity contribution >= 4 is 10.0 Å². The third kappa shape index (κ3) is 3.67. The van der Waals surface area contributed by atoms with Crippen LogP contribution in [0.3, 0.4) is 0 Å². The van der Waals surface area contributed by atoms with Gasteiger partial charge >= 0.3 is 0 Å². The van der Waals surface area contributed by atoms with E-state index >= 15 is 0 Å². The van der Waals surface area contributed by atoms with E-state index in [-0.39, 0.29) is 27.6 Å². The highest BCUT2D eigenvalue weighted by atomic mass is 32.2. The first-order chi connectivity index (χ1) is 12.7. The minimum atomic E-state index is -4.15. The molecular weight excluding hydrogens is 383 g/mol. The first kappa shape index (κ1) is 18.9. The molecule has 0 aliphatic rings. The lowest BCUT2D eigenvalue weighted by atomic mass is 10.1. The second-order valence-corrected chi connectivity index (χ2v) is 7.06. The summed E-state index contributed by atoms with van der Waals surface area (Å²) in [6, 6.07) is 10.5. The Bertz CT molecular complexity index is 1100. The Hall–Kier alpha value is -2.85. The maximum absolute atomic E-state index is 14.1. The van der Waals surface area contributed by atoms with Gasteiger partial charge in [0.25, 0.3) is 6.43 Å². The Morgan fingerprint density at radius 3 is 2.44 bits per heavy atom. The van der Waals surface area contributed by atoms with E-state index in [0.29, 0.717) is 0 Å². The molecule has 0 bridgehead atoms. The number of alkyl halides is 2. The lowest BCUT2D eigenvalue weighted by Gasteiger charge is -2.12. The summed E-state index contributed by atoms with van der Waals surface area (Å²) in [5.74, 6) is -0.732. The number of halogens is 3. The average Bonchev–Trinajstić information content (AvgIpc) is 3.06. The molecule has 0 aliphatic carbocycles. The molecule has 0 saturated carbocycles. The van der Waals surface area contributed by atoms with Crippen LogP contribution in [-0.4, -0.2) is 25.3 Å².